The minimum atomic E-state index is -2.07. The molecule has 132 valence electrons. The number of fused-ring (bicyclic) bond motifs is 2. The first-order valence-electron chi connectivity index (χ1n) is 8.93. The lowest BCUT2D eigenvalue weighted by Gasteiger charge is -2.57. The van der Waals surface area contributed by atoms with Crippen LogP contribution in [0.1, 0.15) is 54.9 Å². The number of rotatable bonds is 1. The van der Waals surface area contributed by atoms with Crippen LogP contribution >= 0.6 is 0 Å². The summed E-state index contributed by atoms with van der Waals surface area (Å²) in [5.41, 5.74) is 0. The van der Waals surface area contributed by atoms with Crippen LogP contribution in [0.4, 0.5) is 0 Å². The van der Waals surface area contributed by atoms with E-state index in [-0.39, 0.29) is 34.4 Å². The molecular formula is C18H32O4Si. The second-order valence-corrected chi connectivity index (χ2v) is 15.0. The molecule has 3 rings (SSSR count). The molecule has 4 nitrogen and oxygen atoms in total. The Balaban J connectivity index is 1.92. The van der Waals surface area contributed by atoms with E-state index in [4.69, 9.17) is 13.9 Å². The maximum absolute atomic E-state index is 11.6. The predicted molar refractivity (Wildman–Crippen MR) is 91.8 cm³/mol. The smallest absolute Gasteiger partial charge is 0.302 e. The Bertz CT molecular complexity index is 476. The molecule has 0 aromatic heterocycles. The predicted octanol–water partition coefficient (Wildman–Crippen LogP) is 3.90. The fourth-order valence-corrected chi connectivity index (χ4v) is 11.2. The molecule has 0 bridgehead atoms. The van der Waals surface area contributed by atoms with Gasteiger partial charge in [-0.1, -0.05) is 41.5 Å². The monoisotopic (exact) mass is 340 g/mol. The summed E-state index contributed by atoms with van der Waals surface area (Å²) in [7, 11) is -2.07. The summed E-state index contributed by atoms with van der Waals surface area (Å²) < 4.78 is 18.6. The molecule has 2 aliphatic heterocycles. The van der Waals surface area contributed by atoms with E-state index in [0.29, 0.717) is 18.4 Å². The fourth-order valence-electron chi connectivity index (χ4n) is 5.11. The van der Waals surface area contributed by atoms with Crippen LogP contribution in [0.5, 0.6) is 0 Å². The van der Waals surface area contributed by atoms with Crippen LogP contribution in [0.2, 0.25) is 16.1 Å². The molecule has 0 aromatic carbocycles. The van der Waals surface area contributed by atoms with Crippen molar-refractivity contribution in [3.63, 3.8) is 0 Å². The Morgan fingerprint density at radius 1 is 1.04 bits per heavy atom. The maximum Gasteiger partial charge on any atom is 0.302 e. The molecule has 1 unspecified atom stereocenters. The van der Waals surface area contributed by atoms with Gasteiger partial charge in [0.15, 0.2) is 0 Å². The van der Waals surface area contributed by atoms with E-state index >= 15 is 0 Å². The molecule has 3 aliphatic rings. The standard InChI is InChI=1S/C18H32O4Si/c1-11(19)21-16-12-8-14(12)22-15-9-20-23(10-13(15)16,17(2,3)4)18(5,6)7/h12-16H,8-10H2,1-7H3/t12-,13+,14?,15-,16-/m1/s1. The lowest BCUT2D eigenvalue weighted by molar-refractivity contribution is -0.168. The quantitative estimate of drug-likeness (QED) is 0.536. The highest BCUT2D eigenvalue weighted by Crippen LogP contribution is 2.60. The lowest BCUT2D eigenvalue weighted by Crippen LogP contribution is -2.63. The number of hydrogen-bond acceptors (Lipinski definition) is 4. The van der Waals surface area contributed by atoms with Crippen molar-refractivity contribution in [1.82, 2.24) is 0 Å². The van der Waals surface area contributed by atoms with Crippen LogP contribution in [0.3, 0.4) is 0 Å². The van der Waals surface area contributed by atoms with E-state index in [1.54, 1.807) is 0 Å². The van der Waals surface area contributed by atoms with Crippen LogP contribution in [0, 0.1) is 11.8 Å². The highest BCUT2D eigenvalue weighted by atomic mass is 28.4. The minimum absolute atomic E-state index is 0.0247. The maximum atomic E-state index is 11.6. The summed E-state index contributed by atoms with van der Waals surface area (Å²) in [4.78, 5) is 11.6. The number of esters is 1. The van der Waals surface area contributed by atoms with Crippen molar-refractivity contribution in [3.05, 3.63) is 0 Å². The van der Waals surface area contributed by atoms with Gasteiger partial charge in [-0.15, -0.1) is 0 Å². The van der Waals surface area contributed by atoms with Gasteiger partial charge in [-0.25, -0.2) is 0 Å². The van der Waals surface area contributed by atoms with Crippen LogP contribution in [-0.2, 0) is 18.7 Å². The first-order chi connectivity index (χ1) is 10.5. The van der Waals surface area contributed by atoms with Gasteiger partial charge in [0, 0.05) is 18.8 Å². The zero-order valence-corrected chi connectivity index (χ0v) is 16.6. The van der Waals surface area contributed by atoms with Gasteiger partial charge in [0.1, 0.15) is 6.10 Å². The summed E-state index contributed by atoms with van der Waals surface area (Å²) >= 11 is 0. The zero-order valence-electron chi connectivity index (χ0n) is 15.6. The fraction of sp³-hybridized carbons (Fsp3) is 0.944. The van der Waals surface area contributed by atoms with Crippen molar-refractivity contribution in [2.24, 2.45) is 11.8 Å². The number of ether oxygens (including phenoxy) is 2. The van der Waals surface area contributed by atoms with Crippen LogP contribution in [-0.4, -0.2) is 39.2 Å². The third-order valence-electron chi connectivity index (χ3n) is 6.19. The number of carbonyl (C=O) groups is 1. The summed E-state index contributed by atoms with van der Waals surface area (Å²) in [5, 5.41) is 0.273. The summed E-state index contributed by atoms with van der Waals surface area (Å²) in [6, 6.07) is 1.02. The first kappa shape index (κ1) is 17.4. The van der Waals surface area contributed by atoms with Gasteiger partial charge >= 0.3 is 5.97 Å². The third-order valence-corrected chi connectivity index (χ3v) is 12.7. The van der Waals surface area contributed by atoms with Gasteiger partial charge in [-0.3, -0.25) is 4.79 Å². The van der Waals surface area contributed by atoms with E-state index in [9.17, 15) is 4.79 Å². The average Bonchev–Trinajstić information content (AvgIpc) is 3.13. The first-order valence-corrected chi connectivity index (χ1v) is 11.0. The van der Waals surface area contributed by atoms with E-state index in [1.165, 1.54) is 6.92 Å². The molecular weight excluding hydrogens is 308 g/mol. The molecule has 5 heteroatoms. The highest BCUT2D eigenvalue weighted by molar-refractivity contribution is 6.79. The molecule has 0 amide bonds. The minimum Gasteiger partial charge on any atom is -0.462 e. The van der Waals surface area contributed by atoms with Gasteiger partial charge < -0.3 is 13.9 Å². The molecule has 3 fully saturated rings. The molecule has 1 saturated carbocycles. The van der Waals surface area contributed by atoms with E-state index < -0.39 is 8.32 Å². The Morgan fingerprint density at radius 2 is 1.65 bits per heavy atom. The molecule has 0 spiro atoms. The topological polar surface area (TPSA) is 44.8 Å². The molecule has 2 heterocycles. The SMILES string of the molecule is CC(=O)O[C@H]1[C@H]2C[Si](C(C)(C)C)(C(C)(C)C)OC[C@H]2OC2C[C@H]21. The molecule has 0 aromatic rings. The van der Waals surface area contributed by atoms with Gasteiger partial charge in [-0.2, -0.15) is 0 Å². The third kappa shape index (κ3) is 2.79. The Hall–Kier alpha value is -0.393. The zero-order chi connectivity index (χ0) is 17.2. The van der Waals surface area contributed by atoms with Crippen molar-refractivity contribution < 1.29 is 18.7 Å². The van der Waals surface area contributed by atoms with Gasteiger partial charge in [0.05, 0.1) is 18.8 Å². The van der Waals surface area contributed by atoms with Crippen LogP contribution in [0.25, 0.3) is 0 Å². The summed E-state index contributed by atoms with van der Waals surface area (Å²) in [6.07, 6.45) is 1.43. The molecule has 0 N–H and O–H groups in total. The lowest BCUT2D eigenvalue weighted by atomic mass is 9.92. The highest BCUT2D eigenvalue weighted by Gasteiger charge is 2.65. The van der Waals surface area contributed by atoms with Crippen LogP contribution in [0.15, 0.2) is 0 Å². The average molecular weight is 341 g/mol. The number of carbonyl (C=O) groups excluding carboxylic acids is 1. The van der Waals surface area contributed by atoms with Crippen molar-refractivity contribution in [2.45, 2.75) is 89.3 Å². The van der Waals surface area contributed by atoms with Crippen molar-refractivity contribution >= 4 is 14.3 Å². The Kier molecular flexibility index (Phi) is 4.02. The van der Waals surface area contributed by atoms with E-state index in [0.717, 1.165) is 12.5 Å². The van der Waals surface area contributed by atoms with Gasteiger partial charge in [-0.05, 0) is 22.5 Å². The van der Waals surface area contributed by atoms with Crippen LogP contribution < -0.4 is 0 Å². The largest absolute Gasteiger partial charge is 0.462 e. The Labute approximate surface area is 141 Å². The van der Waals surface area contributed by atoms with Gasteiger partial charge in [0.25, 0.3) is 0 Å². The summed E-state index contributed by atoms with van der Waals surface area (Å²) in [6.45, 7) is 16.1. The molecule has 0 radical (unpaired) electrons. The van der Waals surface area contributed by atoms with Crippen molar-refractivity contribution in [2.75, 3.05) is 6.61 Å². The van der Waals surface area contributed by atoms with E-state index in [1.807, 2.05) is 0 Å². The second kappa shape index (κ2) is 5.30. The van der Waals surface area contributed by atoms with Crippen molar-refractivity contribution in [3.8, 4) is 0 Å². The summed E-state index contributed by atoms with van der Waals surface area (Å²) in [5.74, 6) is 0.540. The Morgan fingerprint density at radius 3 is 2.17 bits per heavy atom. The van der Waals surface area contributed by atoms with Gasteiger partial charge in [0.2, 0.25) is 8.32 Å². The second-order valence-electron chi connectivity index (χ2n) is 9.69. The molecule has 2 saturated heterocycles. The van der Waals surface area contributed by atoms with Crippen molar-refractivity contribution in [1.29, 1.82) is 0 Å². The molecule has 1 aliphatic carbocycles. The number of hydrogen-bond donors (Lipinski definition) is 0. The molecule has 5 atom stereocenters. The van der Waals surface area contributed by atoms with E-state index in [2.05, 4.69) is 41.5 Å². The molecule has 23 heavy (non-hydrogen) atoms. The normalized spacial score (nSPS) is 39.2.